The first kappa shape index (κ1) is 25.0. The highest BCUT2D eigenvalue weighted by molar-refractivity contribution is 7.18. The van der Waals surface area contributed by atoms with Crippen molar-refractivity contribution in [1.82, 2.24) is 14.8 Å². The molecule has 196 valence electrons. The van der Waals surface area contributed by atoms with E-state index >= 15 is 0 Å². The minimum absolute atomic E-state index is 0.297. The van der Waals surface area contributed by atoms with Gasteiger partial charge in [-0.05, 0) is 68.3 Å². The molecule has 3 unspecified atom stereocenters. The largest absolute Gasteiger partial charge is 0.480 e. The second-order valence-corrected chi connectivity index (χ2v) is 12.6. The summed E-state index contributed by atoms with van der Waals surface area (Å²) in [5.74, 6) is 1.10. The van der Waals surface area contributed by atoms with Crippen LogP contribution in [0, 0.1) is 11.8 Å². The molecule has 1 aromatic heterocycles. The third-order valence-electron chi connectivity index (χ3n) is 9.18. The molecule has 2 saturated heterocycles. The summed E-state index contributed by atoms with van der Waals surface area (Å²) in [6.07, 6.45) is 8.05. The number of aliphatic carboxylic acids is 1. The Morgan fingerprint density at radius 1 is 0.946 bits per heavy atom. The molecule has 6 heteroatoms. The number of benzene rings is 2. The van der Waals surface area contributed by atoms with E-state index in [0.717, 1.165) is 63.9 Å². The van der Waals surface area contributed by atoms with E-state index in [2.05, 4.69) is 64.4 Å². The lowest BCUT2D eigenvalue weighted by Crippen LogP contribution is -2.46. The third-order valence-corrected chi connectivity index (χ3v) is 10.4. The van der Waals surface area contributed by atoms with Crippen molar-refractivity contribution < 1.29 is 9.90 Å². The highest BCUT2D eigenvalue weighted by Crippen LogP contribution is 2.39. The topological polar surface area (TPSA) is 56.7 Å². The van der Waals surface area contributed by atoms with Gasteiger partial charge in [0.2, 0.25) is 0 Å². The fraction of sp³-hybridized carbons (Fsp3) is 0.548. The van der Waals surface area contributed by atoms with Crippen LogP contribution in [-0.4, -0.2) is 64.6 Å². The molecule has 3 atom stereocenters. The van der Waals surface area contributed by atoms with Gasteiger partial charge in [0.25, 0.3) is 0 Å². The fourth-order valence-corrected chi connectivity index (χ4v) is 8.40. The van der Waals surface area contributed by atoms with Gasteiger partial charge in [0.05, 0.1) is 15.2 Å². The zero-order valence-electron chi connectivity index (χ0n) is 21.7. The molecule has 1 N–H and O–H groups in total. The summed E-state index contributed by atoms with van der Waals surface area (Å²) in [7, 11) is 0. The van der Waals surface area contributed by atoms with Crippen molar-refractivity contribution in [3.8, 4) is 0 Å². The minimum atomic E-state index is -0.615. The maximum absolute atomic E-state index is 12.5. The van der Waals surface area contributed by atoms with E-state index in [9.17, 15) is 9.90 Å². The molecule has 6 rings (SSSR count). The number of thiazole rings is 1. The number of carboxylic acid groups (broad SMARTS) is 1. The summed E-state index contributed by atoms with van der Waals surface area (Å²) in [5.41, 5.74) is 2.50. The lowest BCUT2D eigenvalue weighted by atomic mass is 9.83. The first-order chi connectivity index (χ1) is 18.2. The number of carboxylic acids is 1. The Kier molecular flexibility index (Phi) is 7.59. The second kappa shape index (κ2) is 11.2. The molecule has 2 aliphatic heterocycles. The van der Waals surface area contributed by atoms with Crippen molar-refractivity contribution in [1.29, 1.82) is 0 Å². The monoisotopic (exact) mass is 517 g/mol. The predicted molar refractivity (Wildman–Crippen MR) is 150 cm³/mol. The molecule has 1 aliphatic carbocycles. The maximum Gasteiger partial charge on any atom is 0.321 e. The smallest absolute Gasteiger partial charge is 0.321 e. The van der Waals surface area contributed by atoms with E-state index < -0.39 is 5.97 Å². The summed E-state index contributed by atoms with van der Waals surface area (Å²) < 4.78 is 1.29. The Morgan fingerprint density at radius 3 is 2.41 bits per heavy atom. The predicted octanol–water partition coefficient (Wildman–Crippen LogP) is 6.22. The van der Waals surface area contributed by atoms with Gasteiger partial charge in [-0.1, -0.05) is 61.7 Å². The van der Waals surface area contributed by atoms with Gasteiger partial charge in [0.1, 0.15) is 6.04 Å². The van der Waals surface area contributed by atoms with Crippen LogP contribution >= 0.6 is 11.3 Å². The SMILES string of the molecule is O=C(O)C(C1CCCCC1)N1CC(CN2CCC(c3nc4ccccc4s3)CC2)C(c2ccccc2)C1. The van der Waals surface area contributed by atoms with Gasteiger partial charge >= 0.3 is 5.97 Å². The Balaban J connectivity index is 1.14. The molecule has 37 heavy (non-hydrogen) atoms. The van der Waals surface area contributed by atoms with Crippen molar-refractivity contribution in [3.05, 3.63) is 65.2 Å². The number of rotatable bonds is 7. The number of carbonyl (C=O) groups is 1. The van der Waals surface area contributed by atoms with Gasteiger partial charge in [-0.3, -0.25) is 9.69 Å². The summed E-state index contributed by atoms with van der Waals surface area (Å²) >= 11 is 1.86. The minimum Gasteiger partial charge on any atom is -0.480 e. The van der Waals surface area contributed by atoms with Gasteiger partial charge in [0.15, 0.2) is 0 Å². The Hall–Kier alpha value is -2.28. The Bertz CT molecular complexity index is 1150. The molecule has 1 saturated carbocycles. The Morgan fingerprint density at radius 2 is 1.68 bits per heavy atom. The van der Waals surface area contributed by atoms with Gasteiger partial charge in [-0.2, -0.15) is 0 Å². The molecule has 2 aromatic carbocycles. The van der Waals surface area contributed by atoms with Crippen molar-refractivity contribution in [3.63, 3.8) is 0 Å². The van der Waals surface area contributed by atoms with Crippen LogP contribution < -0.4 is 0 Å². The van der Waals surface area contributed by atoms with Crippen LogP contribution in [0.1, 0.15) is 67.4 Å². The van der Waals surface area contributed by atoms with E-state index in [1.807, 2.05) is 11.3 Å². The van der Waals surface area contributed by atoms with Crippen molar-refractivity contribution in [2.24, 2.45) is 11.8 Å². The quantitative estimate of drug-likeness (QED) is 0.403. The normalized spacial score (nSPS) is 25.5. The Labute approximate surface area is 224 Å². The van der Waals surface area contributed by atoms with Crippen LogP contribution in [0.5, 0.6) is 0 Å². The van der Waals surface area contributed by atoms with Crippen molar-refractivity contribution >= 4 is 27.5 Å². The molecule has 3 fully saturated rings. The molecule has 3 aromatic rings. The van der Waals surface area contributed by atoms with Gasteiger partial charge in [0, 0.05) is 31.5 Å². The van der Waals surface area contributed by atoms with Crippen LogP contribution in [0.2, 0.25) is 0 Å². The second-order valence-electron chi connectivity index (χ2n) is 11.5. The van der Waals surface area contributed by atoms with Crippen molar-refractivity contribution in [2.75, 3.05) is 32.7 Å². The average molecular weight is 518 g/mol. The molecular formula is C31H39N3O2S. The summed E-state index contributed by atoms with van der Waals surface area (Å²) in [4.78, 5) is 22.4. The van der Waals surface area contributed by atoms with Crippen LogP contribution in [0.3, 0.4) is 0 Å². The summed E-state index contributed by atoms with van der Waals surface area (Å²) in [5, 5.41) is 11.6. The van der Waals surface area contributed by atoms with E-state index in [1.54, 1.807) is 0 Å². The van der Waals surface area contributed by atoms with E-state index in [1.165, 1.54) is 34.5 Å². The zero-order chi connectivity index (χ0) is 25.2. The lowest BCUT2D eigenvalue weighted by Gasteiger charge is -2.35. The molecule has 3 aliphatic rings. The first-order valence-electron chi connectivity index (χ1n) is 14.3. The molecule has 0 amide bonds. The molecule has 5 nitrogen and oxygen atoms in total. The van der Waals surface area contributed by atoms with Crippen LogP contribution in [0.25, 0.3) is 10.2 Å². The van der Waals surface area contributed by atoms with Crippen molar-refractivity contribution in [2.45, 2.75) is 62.8 Å². The number of para-hydroxylation sites is 1. The maximum atomic E-state index is 12.5. The van der Waals surface area contributed by atoms with Crippen LogP contribution in [-0.2, 0) is 4.79 Å². The standard InChI is InChI=1S/C31H39N3O2S/c35-31(36)29(23-11-5-2-6-12-23)34-20-25(26(21-34)22-9-3-1-4-10-22)19-33-17-15-24(16-18-33)30-32-27-13-7-8-14-28(27)37-30/h1,3-4,7-10,13-14,23-26,29H,2,5-6,11-12,15-21H2,(H,35,36). The fourth-order valence-electron chi connectivity index (χ4n) is 7.26. The number of piperidine rings is 1. The van der Waals surface area contributed by atoms with Gasteiger partial charge in [-0.15, -0.1) is 11.3 Å². The molecule has 0 radical (unpaired) electrons. The highest BCUT2D eigenvalue weighted by atomic mass is 32.1. The number of fused-ring (bicyclic) bond motifs is 1. The number of hydrogen-bond acceptors (Lipinski definition) is 5. The third kappa shape index (κ3) is 5.47. The van der Waals surface area contributed by atoms with E-state index in [-0.39, 0.29) is 6.04 Å². The number of hydrogen-bond donors (Lipinski definition) is 1. The van der Waals surface area contributed by atoms with Crippen LogP contribution in [0.15, 0.2) is 54.6 Å². The van der Waals surface area contributed by atoms with E-state index in [4.69, 9.17) is 4.98 Å². The number of likely N-dealkylation sites (tertiary alicyclic amines) is 2. The number of aromatic nitrogens is 1. The summed E-state index contributed by atoms with van der Waals surface area (Å²) in [6.45, 7) is 5.02. The summed E-state index contributed by atoms with van der Waals surface area (Å²) in [6, 6.07) is 19.0. The zero-order valence-corrected chi connectivity index (χ0v) is 22.5. The van der Waals surface area contributed by atoms with E-state index in [0.29, 0.717) is 23.7 Å². The highest BCUT2D eigenvalue weighted by Gasteiger charge is 2.43. The van der Waals surface area contributed by atoms with Gasteiger partial charge < -0.3 is 10.0 Å². The first-order valence-corrected chi connectivity index (χ1v) is 15.1. The number of nitrogens with zero attached hydrogens (tertiary/aromatic N) is 3. The average Bonchev–Trinajstić information content (AvgIpc) is 3.55. The molecule has 3 heterocycles. The van der Waals surface area contributed by atoms with Gasteiger partial charge in [-0.25, -0.2) is 4.98 Å². The lowest BCUT2D eigenvalue weighted by molar-refractivity contribution is -0.145. The molecule has 0 bridgehead atoms. The molecule has 0 spiro atoms. The van der Waals surface area contributed by atoms with Crippen LogP contribution in [0.4, 0.5) is 0 Å². The molecular weight excluding hydrogens is 478 g/mol.